The molecule has 0 spiro atoms. The summed E-state index contributed by atoms with van der Waals surface area (Å²) in [5, 5.41) is 5.38. The van der Waals surface area contributed by atoms with Crippen molar-refractivity contribution in [2.24, 2.45) is 0 Å². The summed E-state index contributed by atoms with van der Waals surface area (Å²) < 4.78 is 12.1. The number of hydrogen-bond donors (Lipinski definition) is 0. The van der Waals surface area contributed by atoms with Crippen LogP contribution in [0.4, 0.5) is 0 Å². The average molecular weight is 357 g/mol. The Labute approximate surface area is 145 Å². The zero-order valence-corrected chi connectivity index (χ0v) is 14.9. The molecule has 0 aliphatic carbocycles. The molecule has 0 saturated heterocycles. The highest BCUT2D eigenvalue weighted by Gasteiger charge is 2.22. The van der Waals surface area contributed by atoms with Gasteiger partial charge in [0.15, 0.2) is 5.69 Å². The maximum absolute atomic E-state index is 11.7. The van der Waals surface area contributed by atoms with Crippen molar-refractivity contribution in [3.8, 4) is 5.88 Å². The third-order valence-electron chi connectivity index (χ3n) is 3.23. The number of nitrogens with zero attached hydrogens (tertiary/aromatic N) is 2. The fraction of sp³-hybridized carbons (Fsp3) is 0.375. The topological polar surface area (TPSA) is 53.4 Å². The summed E-state index contributed by atoms with van der Waals surface area (Å²) in [5.74, 6) is -0.0503. The van der Waals surface area contributed by atoms with Gasteiger partial charge in [-0.05, 0) is 38.5 Å². The van der Waals surface area contributed by atoms with E-state index in [9.17, 15) is 4.79 Å². The van der Waals surface area contributed by atoms with Crippen LogP contribution in [0.25, 0.3) is 0 Å². The van der Waals surface area contributed by atoms with Crippen LogP contribution in [-0.4, -0.2) is 29.0 Å². The largest absolute Gasteiger partial charge is 0.475 e. The van der Waals surface area contributed by atoms with Gasteiger partial charge in [0.05, 0.1) is 19.3 Å². The van der Waals surface area contributed by atoms with Crippen molar-refractivity contribution in [3.63, 3.8) is 0 Å². The maximum atomic E-state index is 11.7. The zero-order valence-electron chi connectivity index (χ0n) is 13.3. The van der Waals surface area contributed by atoms with Crippen LogP contribution in [0, 0.1) is 0 Å². The Morgan fingerprint density at radius 3 is 2.48 bits per heavy atom. The molecule has 1 heterocycles. The maximum Gasteiger partial charge on any atom is 0.358 e. The van der Waals surface area contributed by atoms with Crippen LogP contribution >= 0.6 is 23.2 Å². The number of halogens is 2. The van der Waals surface area contributed by atoms with Crippen LogP contribution in [0.5, 0.6) is 5.88 Å². The monoisotopic (exact) mass is 356 g/mol. The van der Waals surface area contributed by atoms with E-state index < -0.39 is 5.97 Å². The van der Waals surface area contributed by atoms with E-state index in [0.29, 0.717) is 15.9 Å². The SMILES string of the molecule is COC(=O)c1cc(OC(C)C)n(C(C)c2ccc(Cl)cc2Cl)n1. The number of aromatic nitrogens is 2. The Hall–Kier alpha value is -1.72. The number of hydrogen-bond acceptors (Lipinski definition) is 4. The standard InChI is InChI=1S/C16H18Cl2N2O3/c1-9(2)23-15-8-14(16(21)22-4)19-20(15)10(3)12-6-5-11(17)7-13(12)18/h5-10H,1-4H3. The van der Waals surface area contributed by atoms with Gasteiger partial charge in [0.1, 0.15) is 0 Å². The van der Waals surface area contributed by atoms with E-state index in [-0.39, 0.29) is 17.8 Å². The summed E-state index contributed by atoms with van der Waals surface area (Å²) in [4.78, 5) is 11.7. The fourth-order valence-electron chi connectivity index (χ4n) is 2.16. The second-order valence-corrected chi connectivity index (χ2v) is 6.16. The number of esters is 1. The van der Waals surface area contributed by atoms with E-state index in [4.69, 9.17) is 32.7 Å². The Morgan fingerprint density at radius 1 is 1.22 bits per heavy atom. The Bertz CT molecular complexity index is 713. The van der Waals surface area contributed by atoms with Gasteiger partial charge in [0, 0.05) is 16.1 Å². The normalized spacial score (nSPS) is 12.3. The minimum Gasteiger partial charge on any atom is -0.475 e. The molecule has 124 valence electrons. The molecule has 1 unspecified atom stereocenters. The minimum atomic E-state index is -0.522. The van der Waals surface area contributed by atoms with Crippen molar-refractivity contribution in [2.45, 2.75) is 32.9 Å². The number of ether oxygens (including phenoxy) is 2. The van der Waals surface area contributed by atoms with E-state index in [1.54, 1.807) is 22.9 Å². The highest BCUT2D eigenvalue weighted by molar-refractivity contribution is 6.35. The van der Waals surface area contributed by atoms with Gasteiger partial charge in [-0.25, -0.2) is 9.48 Å². The average Bonchev–Trinajstić information content (AvgIpc) is 2.88. The van der Waals surface area contributed by atoms with Crippen LogP contribution in [-0.2, 0) is 4.74 Å². The molecular weight excluding hydrogens is 339 g/mol. The lowest BCUT2D eigenvalue weighted by Gasteiger charge is -2.18. The predicted molar refractivity (Wildman–Crippen MR) is 89.6 cm³/mol. The molecule has 2 aromatic rings. The molecule has 7 heteroatoms. The Balaban J connectivity index is 2.46. The number of carbonyl (C=O) groups excluding carboxylic acids is 1. The molecule has 0 fully saturated rings. The molecule has 5 nitrogen and oxygen atoms in total. The van der Waals surface area contributed by atoms with E-state index in [2.05, 4.69) is 5.10 Å². The van der Waals surface area contributed by atoms with Crippen LogP contribution in [0.3, 0.4) is 0 Å². The molecule has 0 aliphatic heterocycles. The molecule has 2 rings (SSSR count). The zero-order chi connectivity index (χ0) is 17.1. The quantitative estimate of drug-likeness (QED) is 0.746. The van der Waals surface area contributed by atoms with Crippen molar-refractivity contribution in [1.29, 1.82) is 0 Å². The van der Waals surface area contributed by atoms with Crippen molar-refractivity contribution >= 4 is 29.2 Å². The van der Waals surface area contributed by atoms with Crippen molar-refractivity contribution < 1.29 is 14.3 Å². The van der Waals surface area contributed by atoms with E-state index in [1.807, 2.05) is 26.8 Å². The summed E-state index contributed by atoms with van der Waals surface area (Å²) in [5.41, 5.74) is 1.00. The molecule has 0 saturated carbocycles. The molecule has 1 aromatic carbocycles. The lowest BCUT2D eigenvalue weighted by Crippen LogP contribution is -2.15. The van der Waals surface area contributed by atoms with Crippen LogP contribution < -0.4 is 4.74 Å². The Morgan fingerprint density at radius 2 is 1.91 bits per heavy atom. The van der Waals surface area contributed by atoms with Crippen LogP contribution in [0.15, 0.2) is 24.3 Å². The smallest absolute Gasteiger partial charge is 0.358 e. The number of carbonyl (C=O) groups is 1. The molecular formula is C16H18Cl2N2O3. The summed E-state index contributed by atoms with van der Waals surface area (Å²) in [6.45, 7) is 5.71. The molecule has 0 N–H and O–H groups in total. The van der Waals surface area contributed by atoms with Crippen LogP contribution in [0.2, 0.25) is 10.0 Å². The lowest BCUT2D eigenvalue weighted by molar-refractivity contribution is 0.0593. The first kappa shape index (κ1) is 17.6. The van der Waals surface area contributed by atoms with Gasteiger partial charge in [-0.3, -0.25) is 0 Å². The van der Waals surface area contributed by atoms with Gasteiger partial charge in [0.25, 0.3) is 0 Å². The highest BCUT2D eigenvalue weighted by atomic mass is 35.5. The first-order valence-electron chi connectivity index (χ1n) is 7.13. The van der Waals surface area contributed by atoms with Gasteiger partial charge < -0.3 is 9.47 Å². The second kappa shape index (κ2) is 7.23. The van der Waals surface area contributed by atoms with Gasteiger partial charge in [0.2, 0.25) is 5.88 Å². The predicted octanol–water partition coefficient (Wildman–Crippen LogP) is 4.37. The van der Waals surface area contributed by atoms with Crippen molar-refractivity contribution in [1.82, 2.24) is 9.78 Å². The first-order valence-corrected chi connectivity index (χ1v) is 7.88. The highest BCUT2D eigenvalue weighted by Crippen LogP contribution is 2.31. The van der Waals surface area contributed by atoms with Gasteiger partial charge >= 0.3 is 5.97 Å². The number of rotatable bonds is 5. The number of benzene rings is 1. The third kappa shape index (κ3) is 3.98. The second-order valence-electron chi connectivity index (χ2n) is 5.31. The molecule has 1 atom stereocenters. The molecule has 1 aromatic heterocycles. The van der Waals surface area contributed by atoms with Gasteiger partial charge in [-0.1, -0.05) is 29.3 Å². The molecule has 0 bridgehead atoms. The van der Waals surface area contributed by atoms with Crippen molar-refractivity contribution in [3.05, 3.63) is 45.6 Å². The van der Waals surface area contributed by atoms with Crippen LogP contribution in [0.1, 0.15) is 42.9 Å². The summed E-state index contributed by atoms with van der Waals surface area (Å²) in [6.07, 6.45) is -0.0659. The summed E-state index contributed by atoms with van der Waals surface area (Å²) in [6, 6.07) is 6.57. The Kier molecular flexibility index (Phi) is 5.55. The number of methoxy groups -OCH3 is 1. The third-order valence-corrected chi connectivity index (χ3v) is 3.79. The molecule has 0 aliphatic rings. The summed E-state index contributed by atoms with van der Waals surface area (Å²) >= 11 is 12.2. The van der Waals surface area contributed by atoms with Gasteiger partial charge in [-0.2, -0.15) is 5.10 Å². The molecule has 23 heavy (non-hydrogen) atoms. The summed E-state index contributed by atoms with van der Waals surface area (Å²) in [7, 11) is 1.31. The molecule has 0 amide bonds. The van der Waals surface area contributed by atoms with E-state index in [0.717, 1.165) is 5.56 Å². The first-order chi connectivity index (χ1) is 10.8. The van der Waals surface area contributed by atoms with E-state index >= 15 is 0 Å². The fourth-order valence-corrected chi connectivity index (χ4v) is 2.73. The minimum absolute atomic E-state index is 0.0659. The lowest BCUT2D eigenvalue weighted by atomic mass is 10.1. The van der Waals surface area contributed by atoms with Gasteiger partial charge in [-0.15, -0.1) is 0 Å². The van der Waals surface area contributed by atoms with E-state index in [1.165, 1.54) is 7.11 Å². The molecule has 0 radical (unpaired) electrons. The van der Waals surface area contributed by atoms with Crippen molar-refractivity contribution in [2.75, 3.05) is 7.11 Å².